The number of hydrogen-bond acceptors (Lipinski definition) is 3. The first kappa shape index (κ1) is 17.0. The van der Waals surface area contributed by atoms with Crippen molar-refractivity contribution in [3.05, 3.63) is 23.4 Å². The van der Waals surface area contributed by atoms with E-state index in [1.54, 1.807) is 0 Å². The minimum atomic E-state index is 0.599. The fraction of sp³-hybridized carbons (Fsp3) is 0.706. The SMILES string of the molecule is CCCCN(CCCC)c1cc(CN)cc(CCC)n1. The summed E-state index contributed by atoms with van der Waals surface area (Å²) in [6, 6.07) is 4.33. The molecule has 0 spiro atoms. The minimum absolute atomic E-state index is 0.599. The first-order chi connectivity index (χ1) is 9.74. The molecule has 114 valence electrons. The monoisotopic (exact) mass is 277 g/mol. The van der Waals surface area contributed by atoms with Gasteiger partial charge >= 0.3 is 0 Å². The Morgan fingerprint density at radius 1 is 1.00 bits per heavy atom. The van der Waals surface area contributed by atoms with Crippen LogP contribution in [0.15, 0.2) is 12.1 Å². The van der Waals surface area contributed by atoms with E-state index in [9.17, 15) is 0 Å². The number of nitrogens with zero attached hydrogens (tertiary/aromatic N) is 2. The molecule has 3 heteroatoms. The number of hydrogen-bond donors (Lipinski definition) is 1. The zero-order valence-corrected chi connectivity index (χ0v) is 13.5. The molecule has 0 bridgehead atoms. The van der Waals surface area contributed by atoms with Gasteiger partial charge in [-0.1, -0.05) is 40.0 Å². The van der Waals surface area contributed by atoms with E-state index in [0.29, 0.717) is 6.54 Å². The molecule has 0 saturated heterocycles. The van der Waals surface area contributed by atoms with E-state index in [4.69, 9.17) is 10.7 Å². The molecule has 0 fully saturated rings. The van der Waals surface area contributed by atoms with E-state index in [1.165, 1.54) is 36.9 Å². The fourth-order valence-electron chi connectivity index (χ4n) is 2.34. The predicted octanol–water partition coefficient (Wildman–Crippen LogP) is 3.90. The summed E-state index contributed by atoms with van der Waals surface area (Å²) < 4.78 is 0. The number of unbranched alkanes of at least 4 members (excludes halogenated alkanes) is 2. The van der Waals surface area contributed by atoms with Gasteiger partial charge in [-0.05, 0) is 37.0 Å². The fourth-order valence-corrected chi connectivity index (χ4v) is 2.34. The van der Waals surface area contributed by atoms with Gasteiger partial charge in [-0.15, -0.1) is 0 Å². The molecular weight excluding hydrogens is 246 g/mol. The van der Waals surface area contributed by atoms with Gasteiger partial charge in [0.15, 0.2) is 0 Å². The highest BCUT2D eigenvalue weighted by atomic mass is 15.2. The molecule has 1 aromatic rings. The summed E-state index contributed by atoms with van der Waals surface area (Å²) in [7, 11) is 0. The molecule has 0 aromatic carbocycles. The van der Waals surface area contributed by atoms with Crippen LogP contribution in [-0.4, -0.2) is 18.1 Å². The standard InChI is InChI=1S/C17H31N3/c1-4-7-10-20(11-8-5-2)17-13-15(14-18)12-16(19-17)9-6-3/h12-13H,4-11,14,18H2,1-3H3. The van der Waals surface area contributed by atoms with E-state index in [2.05, 4.69) is 37.8 Å². The van der Waals surface area contributed by atoms with Crippen LogP contribution in [0.5, 0.6) is 0 Å². The molecule has 0 saturated carbocycles. The van der Waals surface area contributed by atoms with E-state index >= 15 is 0 Å². The molecule has 0 amide bonds. The molecule has 0 atom stereocenters. The Morgan fingerprint density at radius 3 is 2.15 bits per heavy atom. The number of rotatable bonds is 10. The Kier molecular flexibility index (Phi) is 8.28. The van der Waals surface area contributed by atoms with Crippen molar-refractivity contribution in [2.45, 2.75) is 65.8 Å². The minimum Gasteiger partial charge on any atom is -0.357 e. The number of aromatic nitrogens is 1. The summed E-state index contributed by atoms with van der Waals surface area (Å²) in [6.07, 6.45) is 7.06. The Balaban J connectivity index is 2.93. The average molecular weight is 277 g/mol. The van der Waals surface area contributed by atoms with Gasteiger partial charge in [-0.2, -0.15) is 0 Å². The molecule has 2 N–H and O–H groups in total. The second kappa shape index (κ2) is 9.76. The molecule has 0 aliphatic heterocycles. The van der Waals surface area contributed by atoms with Crippen LogP contribution in [-0.2, 0) is 13.0 Å². The Labute approximate surface area is 124 Å². The summed E-state index contributed by atoms with van der Waals surface area (Å²) in [5.74, 6) is 1.12. The molecule has 1 rings (SSSR count). The predicted molar refractivity (Wildman–Crippen MR) is 88.2 cm³/mol. The van der Waals surface area contributed by atoms with E-state index < -0.39 is 0 Å². The van der Waals surface area contributed by atoms with Crippen molar-refractivity contribution in [2.24, 2.45) is 5.73 Å². The van der Waals surface area contributed by atoms with E-state index in [-0.39, 0.29) is 0 Å². The Hall–Kier alpha value is -1.09. The van der Waals surface area contributed by atoms with Crippen molar-refractivity contribution in [1.29, 1.82) is 0 Å². The zero-order valence-electron chi connectivity index (χ0n) is 13.5. The van der Waals surface area contributed by atoms with Gasteiger partial charge in [-0.25, -0.2) is 4.98 Å². The van der Waals surface area contributed by atoms with Crippen LogP contribution in [0.1, 0.15) is 64.1 Å². The lowest BCUT2D eigenvalue weighted by Crippen LogP contribution is -2.27. The van der Waals surface area contributed by atoms with Crippen LogP contribution in [0.2, 0.25) is 0 Å². The van der Waals surface area contributed by atoms with Gasteiger partial charge in [0.25, 0.3) is 0 Å². The second-order valence-electron chi connectivity index (χ2n) is 5.47. The van der Waals surface area contributed by atoms with E-state index in [0.717, 1.165) is 31.7 Å². The maximum atomic E-state index is 5.84. The normalized spacial score (nSPS) is 10.8. The smallest absolute Gasteiger partial charge is 0.129 e. The highest BCUT2D eigenvalue weighted by Crippen LogP contribution is 2.17. The topological polar surface area (TPSA) is 42.1 Å². The molecule has 0 unspecified atom stereocenters. The number of pyridine rings is 1. The lowest BCUT2D eigenvalue weighted by molar-refractivity contribution is 0.668. The highest BCUT2D eigenvalue weighted by molar-refractivity contribution is 5.43. The van der Waals surface area contributed by atoms with Gasteiger partial charge in [0.1, 0.15) is 5.82 Å². The lowest BCUT2D eigenvalue weighted by atomic mass is 10.1. The van der Waals surface area contributed by atoms with Gasteiger partial charge in [0.05, 0.1) is 0 Å². The maximum Gasteiger partial charge on any atom is 0.129 e. The quantitative estimate of drug-likeness (QED) is 0.705. The number of aryl methyl sites for hydroxylation is 1. The summed E-state index contributed by atoms with van der Waals surface area (Å²) in [4.78, 5) is 7.28. The zero-order chi connectivity index (χ0) is 14.8. The third kappa shape index (κ3) is 5.49. The maximum absolute atomic E-state index is 5.84. The van der Waals surface area contributed by atoms with Crippen molar-refractivity contribution in [2.75, 3.05) is 18.0 Å². The molecule has 0 aliphatic rings. The van der Waals surface area contributed by atoms with Crippen LogP contribution in [0.3, 0.4) is 0 Å². The van der Waals surface area contributed by atoms with Crippen molar-refractivity contribution in [3.8, 4) is 0 Å². The molecule has 0 radical (unpaired) electrons. The Morgan fingerprint density at radius 2 is 1.65 bits per heavy atom. The second-order valence-corrected chi connectivity index (χ2v) is 5.47. The highest BCUT2D eigenvalue weighted by Gasteiger charge is 2.09. The number of anilines is 1. The van der Waals surface area contributed by atoms with Gasteiger partial charge in [0.2, 0.25) is 0 Å². The third-order valence-electron chi connectivity index (χ3n) is 3.55. The summed E-state index contributed by atoms with van der Waals surface area (Å²) >= 11 is 0. The van der Waals surface area contributed by atoms with Crippen LogP contribution in [0, 0.1) is 0 Å². The third-order valence-corrected chi connectivity index (χ3v) is 3.55. The number of nitrogens with two attached hydrogens (primary N) is 1. The molecular formula is C17H31N3. The molecule has 3 nitrogen and oxygen atoms in total. The first-order valence-electron chi connectivity index (χ1n) is 8.19. The van der Waals surface area contributed by atoms with Crippen LogP contribution in [0.4, 0.5) is 5.82 Å². The van der Waals surface area contributed by atoms with Crippen LogP contribution in [0.25, 0.3) is 0 Å². The molecule has 1 aromatic heterocycles. The van der Waals surface area contributed by atoms with Gasteiger partial charge in [0, 0.05) is 25.3 Å². The van der Waals surface area contributed by atoms with Crippen LogP contribution < -0.4 is 10.6 Å². The van der Waals surface area contributed by atoms with Gasteiger partial charge < -0.3 is 10.6 Å². The van der Waals surface area contributed by atoms with E-state index in [1.807, 2.05) is 0 Å². The van der Waals surface area contributed by atoms with Crippen molar-refractivity contribution in [3.63, 3.8) is 0 Å². The molecule has 0 aliphatic carbocycles. The van der Waals surface area contributed by atoms with Gasteiger partial charge in [-0.3, -0.25) is 0 Å². The van der Waals surface area contributed by atoms with Crippen molar-refractivity contribution >= 4 is 5.82 Å². The summed E-state index contributed by atoms with van der Waals surface area (Å²) in [5.41, 5.74) is 8.23. The summed E-state index contributed by atoms with van der Waals surface area (Å²) in [5, 5.41) is 0. The van der Waals surface area contributed by atoms with Crippen LogP contribution >= 0.6 is 0 Å². The lowest BCUT2D eigenvalue weighted by Gasteiger charge is -2.24. The summed E-state index contributed by atoms with van der Waals surface area (Å²) in [6.45, 7) is 9.48. The van der Waals surface area contributed by atoms with Crippen molar-refractivity contribution < 1.29 is 0 Å². The largest absolute Gasteiger partial charge is 0.357 e. The average Bonchev–Trinajstić information content (AvgIpc) is 2.47. The molecule has 20 heavy (non-hydrogen) atoms. The van der Waals surface area contributed by atoms with Crippen molar-refractivity contribution in [1.82, 2.24) is 4.98 Å². The Bertz CT molecular complexity index is 368. The molecule has 1 heterocycles. The first-order valence-corrected chi connectivity index (χ1v) is 8.19.